The van der Waals surface area contributed by atoms with Crippen LogP contribution in [0.3, 0.4) is 0 Å². The second kappa shape index (κ2) is 8.96. The molecule has 0 aliphatic carbocycles. The molecule has 6 nitrogen and oxygen atoms in total. The highest BCUT2D eigenvalue weighted by atomic mass is 19.1. The van der Waals surface area contributed by atoms with Crippen molar-refractivity contribution in [3.05, 3.63) is 71.0 Å². The molecule has 0 heterocycles. The van der Waals surface area contributed by atoms with Crippen LogP contribution in [-0.2, 0) is 11.3 Å². The van der Waals surface area contributed by atoms with E-state index < -0.39 is 30.0 Å². The van der Waals surface area contributed by atoms with Crippen molar-refractivity contribution in [2.24, 2.45) is 0 Å². The number of benzene rings is 2. The molecule has 3 N–H and O–H groups in total. The van der Waals surface area contributed by atoms with Crippen molar-refractivity contribution in [2.75, 3.05) is 7.11 Å². The lowest BCUT2D eigenvalue weighted by Gasteiger charge is -2.24. The van der Waals surface area contributed by atoms with E-state index in [4.69, 9.17) is 9.84 Å². The fraction of sp³-hybridized carbons (Fsp3) is 0.263. The molecule has 0 aliphatic heterocycles. The molecule has 0 saturated carbocycles. The molecule has 7 heteroatoms. The van der Waals surface area contributed by atoms with Gasteiger partial charge in [-0.3, -0.25) is 0 Å². The van der Waals surface area contributed by atoms with Gasteiger partial charge in [0.1, 0.15) is 11.9 Å². The number of amides is 2. The van der Waals surface area contributed by atoms with Crippen LogP contribution in [0.2, 0.25) is 0 Å². The lowest BCUT2D eigenvalue weighted by molar-refractivity contribution is 0.0697. The number of hydrogen-bond acceptors (Lipinski definition) is 3. The van der Waals surface area contributed by atoms with E-state index in [2.05, 4.69) is 10.6 Å². The molecule has 0 aromatic heterocycles. The monoisotopic (exact) mass is 360 g/mol. The molecule has 2 amide bonds. The maximum absolute atomic E-state index is 13.9. The summed E-state index contributed by atoms with van der Waals surface area (Å²) in [5, 5.41) is 14.3. The van der Waals surface area contributed by atoms with Gasteiger partial charge in [-0.15, -0.1) is 0 Å². The number of nitrogens with one attached hydrogen (secondary N) is 2. The molecule has 138 valence electrons. The van der Waals surface area contributed by atoms with Crippen molar-refractivity contribution in [1.82, 2.24) is 10.6 Å². The molecule has 0 spiro atoms. The van der Waals surface area contributed by atoms with Crippen LogP contribution in [-0.4, -0.2) is 30.3 Å². The number of carbonyl (C=O) groups excluding carboxylic acids is 1. The lowest BCUT2D eigenvalue weighted by atomic mass is 10.0. The zero-order chi connectivity index (χ0) is 19.1. The number of halogens is 1. The van der Waals surface area contributed by atoms with E-state index in [1.54, 1.807) is 37.3 Å². The Morgan fingerprint density at radius 1 is 1.15 bits per heavy atom. The van der Waals surface area contributed by atoms with Gasteiger partial charge in [-0.1, -0.05) is 30.3 Å². The first kappa shape index (κ1) is 19.4. The van der Waals surface area contributed by atoms with Crippen LogP contribution in [0.15, 0.2) is 48.5 Å². The summed E-state index contributed by atoms with van der Waals surface area (Å²) >= 11 is 0. The zero-order valence-electron chi connectivity index (χ0n) is 14.5. The van der Waals surface area contributed by atoms with Gasteiger partial charge in [0.15, 0.2) is 0 Å². The number of methoxy groups -OCH3 is 1. The number of carboxylic acids is 1. The maximum Gasteiger partial charge on any atom is 0.335 e. The predicted molar refractivity (Wildman–Crippen MR) is 94.4 cm³/mol. The number of carbonyl (C=O) groups is 2. The predicted octanol–water partition coefficient (Wildman–Crippen LogP) is 3.10. The van der Waals surface area contributed by atoms with Crippen LogP contribution >= 0.6 is 0 Å². The first-order valence-electron chi connectivity index (χ1n) is 8.06. The molecule has 0 bridgehead atoms. The Morgan fingerprint density at radius 2 is 1.81 bits per heavy atom. The fourth-order valence-electron chi connectivity index (χ4n) is 2.59. The molecule has 2 unspecified atom stereocenters. The van der Waals surface area contributed by atoms with Crippen molar-refractivity contribution in [2.45, 2.75) is 25.6 Å². The topological polar surface area (TPSA) is 87.7 Å². The molecule has 0 fully saturated rings. The highest BCUT2D eigenvalue weighted by Crippen LogP contribution is 2.23. The maximum atomic E-state index is 13.9. The Kier molecular flexibility index (Phi) is 6.68. The SMILES string of the molecule is COC(c1ccccc1F)C(C)NC(=O)NCc1ccc(C(=O)O)cc1. The van der Waals surface area contributed by atoms with Gasteiger partial charge in [0.25, 0.3) is 0 Å². The van der Waals surface area contributed by atoms with Crippen LogP contribution in [0.25, 0.3) is 0 Å². The van der Waals surface area contributed by atoms with E-state index in [0.29, 0.717) is 5.56 Å². The smallest absolute Gasteiger partial charge is 0.335 e. The standard InChI is InChI=1S/C19H21FN2O4/c1-12(17(26-2)15-5-3-4-6-16(15)20)22-19(25)21-11-13-7-9-14(10-8-13)18(23)24/h3-10,12,17H,11H2,1-2H3,(H,23,24)(H2,21,22,25). The largest absolute Gasteiger partial charge is 0.478 e. The second-order valence-corrected chi connectivity index (χ2v) is 5.80. The first-order valence-corrected chi connectivity index (χ1v) is 8.06. The third kappa shape index (κ3) is 5.03. The number of ether oxygens (including phenoxy) is 1. The van der Waals surface area contributed by atoms with Crippen molar-refractivity contribution in [3.8, 4) is 0 Å². The molecular weight excluding hydrogens is 339 g/mol. The molecule has 0 radical (unpaired) electrons. The number of urea groups is 1. The normalized spacial score (nSPS) is 12.9. The van der Waals surface area contributed by atoms with Gasteiger partial charge in [0.2, 0.25) is 0 Å². The minimum atomic E-state index is -1.00. The molecule has 2 aromatic rings. The van der Waals surface area contributed by atoms with Gasteiger partial charge in [0, 0.05) is 19.2 Å². The minimum absolute atomic E-state index is 0.180. The first-order chi connectivity index (χ1) is 12.4. The lowest BCUT2D eigenvalue weighted by Crippen LogP contribution is -2.43. The summed E-state index contributed by atoms with van der Waals surface area (Å²) in [5.74, 6) is -1.40. The molecular formula is C19H21FN2O4. The minimum Gasteiger partial charge on any atom is -0.478 e. The molecule has 2 aromatic carbocycles. The van der Waals surface area contributed by atoms with Crippen LogP contribution in [0.5, 0.6) is 0 Å². The fourth-order valence-corrected chi connectivity index (χ4v) is 2.59. The van der Waals surface area contributed by atoms with Crippen molar-refractivity contribution in [3.63, 3.8) is 0 Å². The Balaban J connectivity index is 1.91. The Labute approximate surface area is 151 Å². The van der Waals surface area contributed by atoms with Crippen molar-refractivity contribution >= 4 is 12.0 Å². The summed E-state index contributed by atoms with van der Waals surface area (Å²) in [6.07, 6.45) is -0.628. The van der Waals surface area contributed by atoms with E-state index in [-0.39, 0.29) is 12.1 Å². The van der Waals surface area contributed by atoms with E-state index in [9.17, 15) is 14.0 Å². The molecule has 2 rings (SSSR count). The summed E-state index contributed by atoms with van der Waals surface area (Å²) in [6.45, 7) is 1.96. The van der Waals surface area contributed by atoms with Crippen LogP contribution in [0.4, 0.5) is 9.18 Å². The van der Waals surface area contributed by atoms with E-state index >= 15 is 0 Å². The third-order valence-corrected chi connectivity index (χ3v) is 3.93. The highest BCUT2D eigenvalue weighted by molar-refractivity contribution is 5.87. The average Bonchev–Trinajstić information content (AvgIpc) is 2.62. The summed E-state index contributed by atoms with van der Waals surface area (Å²) < 4.78 is 19.3. The van der Waals surface area contributed by atoms with Gasteiger partial charge in [-0.25, -0.2) is 14.0 Å². The van der Waals surface area contributed by atoms with Gasteiger partial charge in [-0.2, -0.15) is 0 Å². The number of aromatic carboxylic acids is 1. The van der Waals surface area contributed by atoms with E-state index in [0.717, 1.165) is 5.56 Å². The Morgan fingerprint density at radius 3 is 2.38 bits per heavy atom. The summed E-state index contributed by atoms with van der Waals surface area (Å²) in [7, 11) is 1.46. The molecule has 0 aliphatic rings. The Hall–Kier alpha value is -2.93. The van der Waals surface area contributed by atoms with Gasteiger partial charge in [0.05, 0.1) is 11.6 Å². The third-order valence-electron chi connectivity index (χ3n) is 3.93. The van der Waals surface area contributed by atoms with Crippen LogP contribution < -0.4 is 10.6 Å². The molecule has 2 atom stereocenters. The van der Waals surface area contributed by atoms with Gasteiger partial charge < -0.3 is 20.5 Å². The Bertz CT molecular complexity index is 764. The highest BCUT2D eigenvalue weighted by Gasteiger charge is 2.23. The number of carboxylic acid groups (broad SMARTS) is 1. The summed E-state index contributed by atoms with van der Waals surface area (Å²) in [6, 6.07) is 11.6. The number of rotatable bonds is 7. The van der Waals surface area contributed by atoms with Gasteiger partial charge >= 0.3 is 12.0 Å². The van der Waals surface area contributed by atoms with E-state index in [1.807, 2.05) is 0 Å². The van der Waals surface area contributed by atoms with Crippen LogP contribution in [0.1, 0.15) is 34.5 Å². The summed E-state index contributed by atoms with van der Waals surface area (Å²) in [5.41, 5.74) is 1.31. The molecule has 26 heavy (non-hydrogen) atoms. The zero-order valence-corrected chi connectivity index (χ0v) is 14.5. The number of hydrogen-bond donors (Lipinski definition) is 3. The second-order valence-electron chi connectivity index (χ2n) is 5.80. The van der Waals surface area contributed by atoms with Crippen LogP contribution in [0, 0.1) is 5.82 Å². The summed E-state index contributed by atoms with van der Waals surface area (Å²) in [4.78, 5) is 22.9. The average molecular weight is 360 g/mol. The quantitative estimate of drug-likeness (QED) is 0.708. The van der Waals surface area contributed by atoms with Crippen molar-refractivity contribution < 1.29 is 23.8 Å². The molecule has 0 saturated heterocycles. The van der Waals surface area contributed by atoms with Gasteiger partial charge in [-0.05, 0) is 30.7 Å². The van der Waals surface area contributed by atoms with Crippen molar-refractivity contribution in [1.29, 1.82) is 0 Å². The van der Waals surface area contributed by atoms with E-state index in [1.165, 1.54) is 25.3 Å².